The SMILES string of the molecule is CC(=O)OC1N([C@H]2CC(N=[N+]=[N-])[C@@H](CO)O2)C(=O)NC(=O)C1(C)Br. The zero-order valence-electron chi connectivity index (χ0n) is 12.9. The van der Waals surface area contributed by atoms with Crippen molar-refractivity contribution >= 4 is 33.8 Å². The van der Waals surface area contributed by atoms with E-state index in [4.69, 9.17) is 15.0 Å². The summed E-state index contributed by atoms with van der Waals surface area (Å²) in [5.41, 5.74) is 8.58. The van der Waals surface area contributed by atoms with Crippen molar-refractivity contribution in [2.75, 3.05) is 6.61 Å². The summed E-state index contributed by atoms with van der Waals surface area (Å²) in [5, 5.41) is 15.0. The third kappa shape index (κ3) is 3.31. The van der Waals surface area contributed by atoms with E-state index in [1.807, 2.05) is 0 Å². The van der Waals surface area contributed by atoms with Gasteiger partial charge < -0.3 is 14.6 Å². The molecule has 0 spiro atoms. The number of hydrogen-bond acceptors (Lipinski definition) is 7. The van der Waals surface area contributed by atoms with Gasteiger partial charge in [0.1, 0.15) is 6.23 Å². The van der Waals surface area contributed by atoms with E-state index in [0.29, 0.717) is 0 Å². The number of esters is 1. The monoisotopic (exact) mass is 405 g/mol. The van der Waals surface area contributed by atoms with Crippen LogP contribution in [0, 0.1) is 0 Å². The van der Waals surface area contributed by atoms with Crippen LogP contribution in [0.15, 0.2) is 5.11 Å². The molecule has 2 aliphatic rings. The number of imide groups is 1. The zero-order chi connectivity index (χ0) is 18.1. The Balaban J connectivity index is 2.34. The minimum atomic E-state index is -1.40. The third-order valence-electron chi connectivity index (χ3n) is 3.79. The Morgan fingerprint density at radius 2 is 2.33 bits per heavy atom. The Morgan fingerprint density at radius 1 is 1.67 bits per heavy atom. The van der Waals surface area contributed by atoms with Crippen LogP contribution >= 0.6 is 15.9 Å². The quantitative estimate of drug-likeness (QED) is 0.226. The summed E-state index contributed by atoms with van der Waals surface area (Å²) >= 11 is 3.18. The van der Waals surface area contributed by atoms with Crippen LogP contribution in [0.3, 0.4) is 0 Å². The molecular formula is C12H16BrN5O6. The minimum Gasteiger partial charge on any atom is -0.439 e. The summed E-state index contributed by atoms with van der Waals surface area (Å²) in [4.78, 5) is 39.4. The number of halogens is 1. The van der Waals surface area contributed by atoms with Crippen molar-refractivity contribution in [3.63, 3.8) is 0 Å². The van der Waals surface area contributed by atoms with Crippen LogP contribution in [0.5, 0.6) is 0 Å². The number of nitrogens with zero attached hydrogens (tertiary/aromatic N) is 4. The van der Waals surface area contributed by atoms with Gasteiger partial charge in [0.15, 0.2) is 4.32 Å². The molecule has 0 aromatic heterocycles. The molecule has 2 rings (SSSR count). The summed E-state index contributed by atoms with van der Waals surface area (Å²) in [7, 11) is 0. The molecule has 2 saturated heterocycles. The number of carbonyl (C=O) groups is 3. The summed E-state index contributed by atoms with van der Waals surface area (Å²) in [6.07, 6.45) is -2.95. The van der Waals surface area contributed by atoms with Gasteiger partial charge in [0.05, 0.1) is 18.8 Å². The predicted octanol–water partition coefficient (Wildman–Crippen LogP) is 0.367. The zero-order valence-corrected chi connectivity index (χ0v) is 14.5. The van der Waals surface area contributed by atoms with Crippen molar-refractivity contribution < 1.29 is 29.0 Å². The van der Waals surface area contributed by atoms with Crippen LogP contribution in [0.25, 0.3) is 10.4 Å². The molecule has 5 atom stereocenters. The number of aliphatic hydroxyl groups excluding tert-OH is 1. The van der Waals surface area contributed by atoms with E-state index in [1.165, 1.54) is 6.92 Å². The number of amides is 3. The summed E-state index contributed by atoms with van der Waals surface area (Å²) in [6.45, 7) is 2.17. The standard InChI is InChI=1S/C12H16BrN5O6/c1-5(20)23-10-12(2,13)9(21)15-11(22)18(10)8-3-6(16-17-14)7(4-19)24-8/h6-8,10,19H,3-4H2,1-2H3,(H,15,21,22)/t6?,7-,8-,10?,12?/m1/s1. The molecule has 0 aromatic rings. The lowest BCUT2D eigenvalue weighted by Gasteiger charge is -2.44. The van der Waals surface area contributed by atoms with Crippen LogP contribution in [-0.4, -0.2) is 63.4 Å². The van der Waals surface area contributed by atoms with E-state index in [9.17, 15) is 19.5 Å². The van der Waals surface area contributed by atoms with Crippen LogP contribution in [0.4, 0.5) is 4.79 Å². The van der Waals surface area contributed by atoms with Gasteiger partial charge in [0.25, 0.3) is 0 Å². The topological polar surface area (TPSA) is 154 Å². The molecule has 2 fully saturated rings. The largest absolute Gasteiger partial charge is 0.439 e. The molecular weight excluding hydrogens is 390 g/mol. The Hall–Kier alpha value is -1.88. The number of hydrogen-bond donors (Lipinski definition) is 2. The number of azide groups is 1. The highest BCUT2D eigenvalue weighted by Crippen LogP contribution is 2.36. The summed E-state index contributed by atoms with van der Waals surface area (Å²) < 4.78 is 9.30. The van der Waals surface area contributed by atoms with Crippen LogP contribution in [0.2, 0.25) is 0 Å². The Bertz CT molecular complexity index is 607. The molecule has 0 aromatic carbocycles. The van der Waals surface area contributed by atoms with Gasteiger partial charge in [0.2, 0.25) is 12.1 Å². The first-order valence-electron chi connectivity index (χ1n) is 7.02. The van der Waals surface area contributed by atoms with Crippen LogP contribution in [0.1, 0.15) is 20.3 Å². The number of nitrogens with one attached hydrogen (secondary N) is 1. The van der Waals surface area contributed by atoms with E-state index in [2.05, 4.69) is 31.3 Å². The van der Waals surface area contributed by atoms with Gasteiger partial charge in [-0.05, 0) is 12.5 Å². The van der Waals surface area contributed by atoms with Gasteiger partial charge >= 0.3 is 12.0 Å². The predicted molar refractivity (Wildman–Crippen MR) is 81.6 cm³/mol. The second-order valence-corrected chi connectivity index (χ2v) is 7.17. The Morgan fingerprint density at radius 3 is 2.88 bits per heavy atom. The van der Waals surface area contributed by atoms with Crippen molar-refractivity contribution in [1.82, 2.24) is 10.2 Å². The highest BCUT2D eigenvalue weighted by molar-refractivity contribution is 9.10. The van der Waals surface area contributed by atoms with E-state index in [1.54, 1.807) is 0 Å². The number of carbonyl (C=O) groups excluding carboxylic acids is 3. The molecule has 2 N–H and O–H groups in total. The number of alkyl halides is 1. The van der Waals surface area contributed by atoms with Gasteiger partial charge in [-0.2, -0.15) is 0 Å². The molecule has 3 amide bonds. The Labute approximate surface area is 145 Å². The molecule has 12 heteroatoms. The van der Waals surface area contributed by atoms with Gasteiger partial charge in [-0.25, -0.2) is 4.79 Å². The Kier molecular flexibility index (Phi) is 5.33. The molecule has 0 radical (unpaired) electrons. The molecule has 2 aliphatic heterocycles. The average Bonchev–Trinajstić information content (AvgIpc) is 2.88. The maximum absolute atomic E-state index is 12.3. The number of urea groups is 1. The first-order chi connectivity index (χ1) is 11.2. The minimum absolute atomic E-state index is 0.0811. The average molecular weight is 406 g/mol. The fourth-order valence-corrected chi connectivity index (χ4v) is 3.02. The van der Waals surface area contributed by atoms with E-state index < -0.39 is 53.4 Å². The highest BCUT2D eigenvalue weighted by atomic mass is 79.9. The maximum Gasteiger partial charge on any atom is 0.329 e. The lowest BCUT2D eigenvalue weighted by Crippen LogP contribution is -2.69. The van der Waals surface area contributed by atoms with E-state index in [-0.39, 0.29) is 6.42 Å². The van der Waals surface area contributed by atoms with Crippen LogP contribution in [-0.2, 0) is 19.1 Å². The molecule has 11 nitrogen and oxygen atoms in total. The first-order valence-corrected chi connectivity index (χ1v) is 7.82. The summed E-state index contributed by atoms with van der Waals surface area (Å²) in [5.74, 6) is -1.36. The smallest absolute Gasteiger partial charge is 0.329 e. The maximum atomic E-state index is 12.3. The third-order valence-corrected chi connectivity index (χ3v) is 4.54. The fourth-order valence-electron chi connectivity index (χ4n) is 2.61. The van der Waals surface area contributed by atoms with Gasteiger partial charge in [-0.1, -0.05) is 21.0 Å². The molecule has 0 bridgehead atoms. The molecule has 24 heavy (non-hydrogen) atoms. The van der Waals surface area contributed by atoms with Crippen molar-refractivity contribution in [3.8, 4) is 0 Å². The second kappa shape index (κ2) is 6.93. The lowest BCUT2D eigenvalue weighted by atomic mass is 10.0. The first kappa shape index (κ1) is 18.5. The number of rotatable bonds is 4. The van der Waals surface area contributed by atoms with Gasteiger partial charge in [-0.3, -0.25) is 19.8 Å². The fraction of sp³-hybridized carbons (Fsp3) is 0.750. The number of aliphatic hydroxyl groups is 1. The normalized spacial score (nSPS) is 36.1. The van der Waals surface area contributed by atoms with Crippen molar-refractivity contribution in [3.05, 3.63) is 10.4 Å². The van der Waals surface area contributed by atoms with Gasteiger partial charge in [-0.15, -0.1) is 0 Å². The van der Waals surface area contributed by atoms with Crippen LogP contribution < -0.4 is 5.32 Å². The van der Waals surface area contributed by atoms with Crippen molar-refractivity contribution in [1.29, 1.82) is 0 Å². The van der Waals surface area contributed by atoms with E-state index >= 15 is 0 Å². The van der Waals surface area contributed by atoms with Crippen molar-refractivity contribution in [2.24, 2.45) is 5.11 Å². The lowest BCUT2D eigenvalue weighted by molar-refractivity contribution is -0.175. The van der Waals surface area contributed by atoms with Crippen molar-refractivity contribution in [2.45, 2.75) is 49.2 Å². The highest BCUT2D eigenvalue weighted by Gasteiger charge is 2.55. The molecule has 2 heterocycles. The summed E-state index contributed by atoms with van der Waals surface area (Å²) in [6, 6.07) is -1.51. The molecule has 0 aliphatic carbocycles. The molecule has 0 saturated carbocycles. The number of ether oxygens (including phenoxy) is 2. The molecule has 132 valence electrons. The van der Waals surface area contributed by atoms with E-state index in [0.717, 1.165) is 11.8 Å². The van der Waals surface area contributed by atoms with Gasteiger partial charge in [0, 0.05) is 18.3 Å². The molecule has 3 unspecified atom stereocenters. The second-order valence-electron chi connectivity index (χ2n) is 5.52.